The average molecular weight is 239 g/mol. The van der Waals surface area contributed by atoms with E-state index in [-0.39, 0.29) is 0 Å². The summed E-state index contributed by atoms with van der Waals surface area (Å²) in [7, 11) is 0. The molecule has 94 valence electrons. The number of hydrogen-bond donors (Lipinski definition) is 1. The molecule has 0 atom stereocenters. The van der Waals surface area contributed by atoms with Crippen LogP contribution < -0.4 is 5.73 Å². The first-order valence-corrected chi connectivity index (χ1v) is 6.51. The molecule has 0 saturated carbocycles. The molecule has 2 N–H and O–H groups in total. The van der Waals surface area contributed by atoms with Crippen LogP contribution in [0.15, 0.2) is 42.5 Å². The Hall–Kier alpha value is -1.60. The maximum absolute atomic E-state index is 5.71. The lowest BCUT2D eigenvalue weighted by molar-refractivity contribution is 0.867. The summed E-state index contributed by atoms with van der Waals surface area (Å²) in [5.74, 6) is 0.579. The third-order valence-corrected chi connectivity index (χ3v) is 3.43. The fourth-order valence-corrected chi connectivity index (χ4v) is 2.15. The number of hydrogen-bond acceptors (Lipinski definition) is 1. The molecule has 2 aromatic rings. The van der Waals surface area contributed by atoms with E-state index >= 15 is 0 Å². The zero-order valence-corrected chi connectivity index (χ0v) is 11.4. The number of aryl methyl sites for hydroxylation is 1. The van der Waals surface area contributed by atoms with Crippen molar-refractivity contribution in [1.29, 1.82) is 0 Å². The summed E-state index contributed by atoms with van der Waals surface area (Å²) in [6.45, 7) is 7.17. The Bertz CT molecular complexity index is 524. The zero-order chi connectivity index (χ0) is 13.1. The van der Waals surface area contributed by atoms with E-state index < -0.39 is 0 Å². The van der Waals surface area contributed by atoms with Gasteiger partial charge in [-0.25, -0.2) is 0 Å². The summed E-state index contributed by atoms with van der Waals surface area (Å²) in [5.41, 5.74) is 12.1. The van der Waals surface area contributed by atoms with Crippen molar-refractivity contribution in [1.82, 2.24) is 0 Å². The average Bonchev–Trinajstić information content (AvgIpc) is 2.39. The van der Waals surface area contributed by atoms with Gasteiger partial charge in [0.2, 0.25) is 0 Å². The Morgan fingerprint density at radius 3 is 2.22 bits per heavy atom. The van der Waals surface area contributed by atoms with Gasteiger partial charge in [0, 0.05) is 6.54 Å². The van der Waals surface area contributed by atoms with Gasteiger partial charge in [-0.2, -0.15) is 0 Å². The highest BCUT2D eigenvalue weighted by molar-refractivity contribution is 5.68. The summed E-state index contributed by atoms with van der Waals surface area (Å²) < 4.78 is 0. The maximum atomic E-state index is 5.71. The summed E-state index contributed by atoms with van der Waals surface area (Å²) in [4.78, 5) is 0. The molecule has 0 fully saturated rings. The SMILES string of the molecule is Cc1ccc(CN)cc1-c1ccc(C(C)C)cc1. The molecule has 0 aliphatic carbocycles. The molecule has 2 aromatic carbocycles. The van der Waals surface area contributed by atoms with Crippen LogP contribution in [-0.2, 0) is 6.54 Å². The minimum Gasteiger partial charge on any atom is -0.326 e. The molecule has 0 heterocycles. The van der Waals surface area contributed by atoms with Gasteiger partial charge in [-0.15, -0.1) is 0 Å². The Labute approximate surface area is 110 Å². The van der Waals surface area contributed by atoms with Crippen LogP contribution in [0.4, 0.5) is 0 Å². The van der Waals surface area contributed by atoms with Crippen molar-refractivity contribution >= 4 is 0 Å². The minimum atomic E-state index is 0.579. The molecule has 0 aliphatic heterocycles. The second-order valence-electron chi connectivity index (χ2n) is 5.13. The van der Waals surface area contributed by atoms with Gasteiger partial charge >= 0.3 is 0 Å². The standard InChI is InChI=1S/C17H21N/c1-12(2)15-6-8-16(9-7-15)17-10-14(11-18)5-4-13(17)3/h4-10,12H,11,18H2,1-3H3. The van der Waals surface area contributed by atoms with Crippen molar-refractivity contribution in [2.75, 3.05) is 0 Å². The molecule has 0 radical (unpaired) electrons. The van der Waals surface area contributed by atoms with E-state index in [9.17, 15) is 0 Å². The van der Waals surface area contributed by atoms with Crippen LogP contribution >= 0.6 is 0 Å². The smallest absolute Gasteiger partial charge is 0.0178 e. The van der Waals surface area contributed by atoms with Gasteiger partial charge in [0.15, 0.2) is 0 Å². The normalized spacial score (nSPS) is 10.9. The molecular formula is C17H21N. The molecule has 1 nitrogen and oxygen atoms in total. The fraction of sp³-hybridized carbons (Fsp3) is 0.294. The predicted molar refractivity (Wildman–Crippen MR) is 78.6 cm³/mol. The molecule has 0 unspecified atom stereocenters. The van der Waals surface area contributed by atoms with Gasteiger partial charge in [0.05, 0.1) is 0 Å². The fourth-order valence-electron chi connectivity index (χ4n) is 2.15. The predicted octanol–water partition coefficient (Wildman–Crippen LogP) is 4.24. The summed E-state index contributed by atoms with van der Waals surface area (Å²) in [5, 5.41) is 0. The van der Waals surface area contributed by atoms with Gasteiger partial charge in [-0.05, 0) is 46.7 Å². The lowest BCUT2D eigenvalue weighted by atomic mass is 9.95. The van der Waals surface area contributed by atoms with E-state index in [1.807, 2.05) is 0 Å². The first-order valence-electron chi connectivity index (χ1n) is 6.51. The highest BCUT2D eigenvalue weighted by atomic mass is 14.5. The highest BCUT2D eigenvalue weighted by Crippen LogP contribution is 2.26. The zero-order valence-electron chi connectivity index (χ0n) is 11.4. The summed E-state index contributed by atoms with van der Waals surface area (Å²) >= 11 is 0. The van der Waals surface area contributed by atoms with E-state index in [1.54, 1.807) is 0 Å². The van der Waals surface area contributed by atoms with Crippen LogP contribution in [0.2, 0.25) is 0 Å². The first kappa shape index (κ1) is 12.8. The van der Waals surface area contributed by atoms with Crippen molar-refractivity contribution in [3.8, 4) is 11.1 Å². The molecule has 0 aromatic heterocycles. The Balaban J connectivity index is 2.41. The molecule has 0 spiro atoms. The Morgan fingerprint density at radius 1 is 1.00 bits per heavy atom. The summed E-state index contributed by atoms with van der Waals surface area (Å²) in [6, 6.07) is 15.3. The highest BCUT2D eigenvalue weighted by Gasteiger charge is 2.04. The van der Waals surface area contributed by atoms with Gasteiger partial charge in [-0.3, -0.25) is 0 Å². The topological polar surface area (TPSA) is 26.0 Å². The van der Waals surface area contributed by atoms with Crippen LogP contribution in [-0.4, -0.2) is 0 Å². The van der Waals surface area contributed by atoms with Gasteiger partial charge in [0.1, 0.15) is 0 Å². The van der Waals surface area contributed by atoms with Crippen LogP contribution in [0.25, 0.3) is 11.1 Å². The number of benzene rings is 2. The Morgan fingerprint density at radius 2 is 1.67 bits per heavy atom. The van der Waals surface area contributed by atoms with Crippen molar-refractivity contribution in [2.45, 2.75) is 33.2 Å². The van der Waals surface area contributed by atoms with E-state index in [0.717, 1.165) is 0 Å². The van der Waals surface area contributed by atoms with Crippen molar-refractivity contribution in [3.05, 3.63) is 59.2 Å². The second-order valence-corrected chi connectivity index (χ2v) is 5.13. The van der Waals surface area contributed by atoms with E-state index in [0.29, 0.717) is 12.5 Å². The second kappa shape index (κ2) is 5.36. The molecule has 0 saturated heterocycles. The quantitative estimate of drug-likeness (QED) is 0.851. The van der Waals surface area contributed by atoms with Gasteiger partial charge in [-0.1, -0.05) is 50.2 Å². The molecular weight excluding hydrogens is 218 g/mol. The minimum absolute atomic E-state index is 0.579. The van der Waals surface area contributed by atoms with Gasteiger partial charge < -0.3 is 5.73 Å². The third-order valence-electron chi connectivity index (χ3n) is 3.43. The largest absolute Gasteiger partial charge is 0.326 e. The molecule has 18 heavy (non-hydrogen) atoms. The van der Waals surface area contributed by atoms with Crippen LogP contribution in [0.5, 0.6) is 0 Å². The van der Waals surface area contributed by atoms with Crippen LogP contribution in [0.3, 0.4) is 0 Å². The van der Waals surface area contributed by atoms with Crippen LogP contribution in [0.1, 0.15) is 36.5 Å². The van der Waals surface area contributed by atoms with Gasteiger partial charge in [0.25, 0.3) is 0 Å². The van der Waals surface area contributed by atoms with E-state index in [4.69, 9.17) is 5.73 Å². The monoisotopic (exact) mass is 239 g/mol. The molecule has 2 rings (SSSR count). The summed E-state index contributed by atoms with van der Waals surface area (Å²) in [6.07, 6.45) is 0. The molecule has 0 aliphatic rings. The Kier molecular flexibility index (Phi) is 3.83. The molecule has 0 bridgehead atoms. The molecule has 0 amide bonds. The maximum Gasteiger partial charge on any atom is 0.0178 e. The number of rotatable bonds is 3. The number of nitrogens with two attached hydrogens (primary N) is 1. The van der Waals surface area contributed by atoms with Crippen molar-refractivity contribution in [2.24, 2.45) is 5.73 Å². The third kappa shape index (κ3) is 2.62. The lowest BCUT2D eigenvalue weighted by Gasteiger charge is -2.10. The van der Waals surface area contributed by atoms with E-state index in [2.05, 4.69) is 63.2 Å². The van der Waals surface area contributed by atoms with Crippen LogP contribution in [0, 0.1) is 6.92 Å². The first-order chi connectivity index (χ1) is 8.61. The van der Waals surface area contributed by atoms with E-state index in [1.165, 1.54) is 27.8 Å². The van der Waals surface area contributed by atoms with Crippen molar-refractivity contribution < 1.29 is 0 Å². The van der Waals surface area contributed by atoms with Crippen molar-refractivity contribution in [3.63, 3.8) is 0 Å². The lowest BCUT2D eigenvalue weighted by Crippen LogP contribution is -1.97. The molecule has 1 heteroatoms.